The Kier molecular flexibility index (Phi) is 14.5. The summed E-state index contributed by atoms with van der Waals surface area (Å²) in [5, 5.41) is 3.01. The summed E-state index contributed by atoms with van der Waals surface area (Å²) in [6.45, 7) is 3.45. The number of allylic oxidation sites excluding steroid dienone is 10. The number of rotatable bonds is 15. The first-order valence-corrected chi connectivity index (χ1v) is 12.9. The zero-order chi connectivity index (χ0) is 25.0. The fraction of sp³-hybridized carbons (Fsp3) is 0.433. The Labute approximate surface area is 211 Å². The van der Waals surface area contributed by atoms with Gasteiger partial charge in [0.1, 0.15) is 0 Å². The van der Waals surface area contributed by atoms with E-state index in [1.54, 1.807) is 24.5 Å². The number of nitrogens with one attached hydrogen (secondary N) is 1. The first-order valence-electron chi connectivity index (χ1n) is 12.9. The van der Waals surface area contributed by atoms with Gasteiger partial charge < -0.3 is 10.2 Å². The molecule has 188 valence electrons. The highest BCUT2D eigenvalue weighted by atomic mass is 16.2. The number of aromatic nitrogens is 1. The largest absolute Gasteiger partial charge is 0.347 e. The Morgan fingerprint density at radius 1 is 0.971 bits per heavy atom. The second-order valence-electron chi connectivity index (χ2n) is 8.64. The van der Waals surface area contributed by atoms with Gasteiger partial charge in [0.05, 0.1) is 5.56 Å². The number of carbonyl (C=O) groups excluding carboxylic acids is 2. The minimum atomic E-state index is -0.129. The molecule has 0 bridgehead atoms. The predicted octanol–water partition coefficient (Wildman–Crippen LogP) is 6.33. The number of likely N-dealkylation sites (tertiary alicyclic amines) is 1. The average molecular weight is 476 g/mol. The molecule has 1 atom stereocenters. The lowest BCUT2D eigenvalue weighted by atomic mass is 10.2. The van der Waals surface area contributed by atoms with Crippen LogP contribution in [0.4, 0.5) is 0 Å². The van der Waals surface area contributed by atoms with Crippen molar-refractivity contribution in [3.8, 4) is 0 Å². The predicted molar refractivity (Wildman–Crippen MR) is 145 cm³/mol. The molecule has 0 aliphatic carbocycles. The van der Waals surface area contributed by atoms with Crippen molar-refractivity contribution in [2.45, 2.75) is 70.8 Å². The summed E-state index contributed by atoms with van der Waals surface area (Å²) in [4.78, 5) is 30.6. The van der Waals surface area contributed by atoms with E-state index in [1.165, 1.54) is 0 Å². The van der Waals surface area contributed by atoms with Crippen molar-refractivity contribution in [1.29, 1.82) is 0 Å². The molecule has 0 saturated carbocycles. The van der Waals surface area contributed by atoms with E-state index < -0.39 is 0 Å². The van der Waals surface area contributed by atoms with Crippen molar-refractivity contribution in [3.05, 3.63) is 90.9 Å². The van der Waals surface area contributed by atoms with Gasteiger partial charge in [0.2, 0.25) is 5.91 Å². The highest BCUT2D eigenvalue weighted by Gasteiger charge is 2.27. The maximum atomic E-state index is 12.5. The molecule has 1 saturated heterocycles. The monoisotopic (exact) mass is 475 g/mol. The third kappa shape index (κ3) is 12.7. The van der Waals surface area contributed by atoms with Crippen LogP contribution >= 0.6 is 0 Å². The van der Waals surface area contributed by atoms with E-state index in [9.17, 15) is 9.59 Å². The van der Waals surface area contributed by atoms with Gasteiger partial charge in [-0.05, 0) is 63.5 Å². The Morgan fingerprint density at radius 2 is 1.60 bits per heavy atom. The van der Waals surface area contributed by atoms with Gasteiger partial charge in [0.15, 0.2) is 0 Å². The molecule has 0 spiro atoms. The van der Waals surface area contributed by atoms with Gasteiger partial charge >= 0.3 is 0 Å². The molecule has 1 N–H and O–H groups in total. The highest BCUT2D eigenvalue weighted by Crippen LogP contribution is 2.13. The summed E-state index contributed by atoms with van der Waals surface area (Å²) in [5.41, 5.74) is 0.550. The third-order valence-corrected chi connectivity index (χ3v) is 5.72. The summed E-state index contributed by atoms with van der Waals surface area (Å²) in [6, 6.07) is 3.50. The molecule has 0 unspecified atom stereocenters. The lowest BCUT2D eigenvalue weighted by molar-refractivity contribution is -0.130. The maximum absolute atomic E-state index is 12.5. The molecule has 35 heavy (non-hydrogen) atoms. The van der Waals surface area contributed by atoms with Crippen molar-refractivity contribution in [1.82, 2.24) is 15.2 Å². The number of unbranched alkanes of at least 4 members (excludes halogenated alkanes) is 1. The van der Waals surface area contributed by atoms with E-state index in [2.05, 4.69) is 78.0 Å². The summed E-state index contributed by atoms with van der Waals surface area (Å²) >= 11 is 0. The van der Waals surface area contributed by atoms with Crippen LogP contribution in [0.3, 0.4) is 0 Å². The summed E-state index contributed by atoms with van der Waals surface area (Å²) in [6.07, 6.45) is 33.2. The molecular weight excluding hydrogens is 434 g/mol. The van der Waals surface area contributed by atoms with Gasteiger partial charge in [0.25, 0.3) is 5.91 Å². The number of carbonyl (C=O) groups is 2. The molecule has 0 aromatic carbocycles. The molecule has 1 fully saturated rings. The molecule has 1 aromatic rings. The number of nitrogens with zero attached hydrogens (tertiary/aromatic N) is 2. The number of amides is 2. The van der Waals surface area contributed by atoms with E-state index in [4.69, 9.17) is 0 Å². The topological polar surface area (TPSA) is 62.3 Å². The second kappa shape index (κ2) is 18.2. The van der Waals surface area contributed by atoms with Gasteiger partial charge in [-0.15, -0.1) is 0 Å². The van der Waals surface area contributed by atoms with Gasteiger partial charge in [-0.3, -0.25) is 14.6 Å². The van der Waals surface area contributed by atoms with Gasteiger partial charge in [-0.1, -0.05) is 67.7 Å². The minimum Gasteiger partial charge on any atom is -0.347 e. The lowest BCUT2D eigenvalue weighted by Gasteiger charge is -2.17. The summed E-state index contributed by atoms with van der Waals surface area (Å²) < 4.78 is 0. The van der Waals surface area contributed by atoms with Crippen molar-refractivity contribution < 1.29 is 9.59 Å². The van der Waals surface area contributed by atoms with Crippen molar-refractivity contribution in [2.75, 3.05) is 13.1 Å². The van der Waals surface area contributed by atoms with Crippen LogP contribution in [0, 0.1) is 0 Å². The van der Waals surface area contributed by atoms with Crippen molar-refractivity contribution in [3.63, 3.8) is 0 Å². The molecule has 2 amide bonds. The third-order valence-electron chi connectivity index (χ3n) is 5.72. The quantitative estimate of drug-likeness (QED) is 0.238. The van der Waals surface area contributed by atoms with Crippen LogP contribution in [0.1, 0.15) is 75.1 Å². The van der Waals surface area contributed by atoms with Crippen LogP contribution < -0.4 is 5.32 Å². The molecule has 1 aromatic heterocycles. The van der Waals surface area contributed by atoms with Gasteiger partial charge in [0, 0.05) is 37.9 Å². The number of hydrogen-bond acceptors (Lipinski definition) is 3. The number of hydrogen-bond donors (Lipinski definition) is 1. The molecule has 5 nitrogen and oxygen atoms in total. The van der Waals surface area contributed by atoms with Crippen LogP contribution in [0.5, 0.6) is 0 Å². The Balaban J connectivity index is 1.48. The SMILES string of the molecule is CCC=CCC=CCC=CCC=CCC=CCCCC(=O)N1CC[C@H](NC(=O)c2cccnc2)C1. The van der Waals surface area contributed by atoms with Crippen LogP contribution in [-0.4, -0.2) is 40.8 Å². The van der Waals surface area contributed by atoms with Crippen LogP contribution in [0.15, 0.2) is 85.3 Å². The van der Waals surface area contributed by atoms with Crippen molar-refractivity contribution >= 4 is 11.8 Å². The smallest absolute Gasteiger partial charge is 0.253 e. The molecular formula is C30H41N3O2. The zero-order valence-corrected chi connectivity index (χ0v) is 21.1. The fourth-order valence-electron chi connectivity index (χ4n) is 3.77. The molecule has 1 aliphatic heterocycles. The minimum absolute atomic E-state index is 0.0117. The van der Waals surface area contributed by atoms with Crippen molar-refractivity contribution in [2.24, 2.45) is 0 Å². The van der Waals surface area contributed by atoms with E-state index in [1.807, 2.05) is 4.90 Å². The summed E-state index contributed by atoms with van der Waals surface area (Å²) in [5.74, 6) is 0.0475. The molecule has 2 rings (SSSR count). The van der Waals surface area contributed by atoms with Crippen LogP contribution in [0.25, 0.3) is 0 Å². The molecule has 0 radical (unpaired) electrons. The number of pyridine rings is 1. The highest BCUT2D eigenvalue weighted by molar-refractivity contribution is 5.94. The van der Waals surface area contributed by atoms with E-state index in [0.29, 0.717) is 25.1 Å². The van der Waals surface area contributed by atoms with Crippen LogP contribution in [-0.2, 0) is 4.79 Å². The lowest BCUT2D eigenvalue weighted by Crippen LogP contribution is -2.38. The van der Waals surface area contributed by atoms with E-state index in [0.717, 1.165) is 51.4 Å². The Hall–Kier alpha value is -3.21. The van der Waals surface area contributed by atoms with Crippen LogP contribution in [0.2, 0.25) is 0 Å². The normalized spacial score (nSPS) is 16.6. The van der Waals surface area contributed by atoms with E-state index >= 15 is 0 Å². The summed E-state index contributed by atoms with van der Waals surface area (Å²) in [7, 11) is 0. The van der Waals surface area contributed by atoms with Gasteiger partial charge in [-0.2, -0.15) is 0 Å². The zero-order valence-electron chi connectivity index (χ0n) is 21.1. The Bertz CT molecular complexity index is 884. The maximum Gasteiger partial charge on any atom is 0.253 e. The molecule has 2 heterocycles. The standard InChI is InChI=1S/C30H41N3O2/c1-2-3-4-5-6-7-8-9-10-11-12-13-14-15-16-17-18-21-29(34)33-24-22-28(26-33)32-30(35)27-20-19-23-31-25-27/h3-4,6-7,9-10,12-13,15-16,19-20,23,25,28H,2,5,8,11,14,17-18,21-22,24,26H2,1H3,(H,32,35)/t28-/m0/s1. The van der Waals surface area contributed by atoms with Gasteiger partial charge in [-0.25, -0.2) is 0 Å². The van der Waals surface area contributed by atoms with E-state index in [-0.39, 0.29) is 17.9 Å². The molecule has 5 heteroatoms. The first-order chi connectivity index (χ1) is 17.2. The fourth-order valence-corrected chi connectivity index (χ4v) is 3.77. The molecule has 1 aliphatic rings. The Morgan fingerprint density at radius 3 is 2.20 bits per heavy atom. The second-order valence-corrected chi connectivity index (χ2v) is 8.64. The first kappa shape index (κ1) is 28.0. The average Bonchev–Trinajstić information content (AvgIpc) is 3.35.